The van der Waals surface area contributed by atoms with Gasteiger partial charge in [-0.25, -0.2) is 0 Å². The molecule has 0 aromatic heterocycles. The summed E-state index contributed by atoms with van der Waals surface area (Å²) in [6.07, 6.45) is 0.0846. The Bertz CT molecular complexity index is 1610. The highest BCUT2D eigenvalue weighted by Gasteiger charge is 2.40. The number of aliphatic hydroxyl groups excluding tert-OH is 1. The molecule has 49 heavy (non-hydrogen) atoms. The van der Waals surface area contributed by atoms with Gasteiger partial charge in [-0.2, -0.15) is 0 Å². The van der Waals surface area contributed by atoms with Crippen LogP contribution < -0.4 is 4.43 Å². The molecule has 0 aliphatic heterocycles. The molecule has 2 atom stereocenters. The van der Waals surface area contributed by atoms with Gasteiger partial charge in [-0.3, -0.25) is 4.90 Å². The van der Waals surface area contributed by atoms with Gasteiger partial charge in [-0.05, 0) is 94.8 Å². The Balaban J connectivity index is 1.49. The lowest BCUT2D eigenvalue weighted by Crippen LogP contribution is -2.44. The Labute approximate surface area is 303 Å². The van der Waals surface area contributed by atoms with Crippen molar-refractivity contribution in [1.82, 2.24) is 4.90 Å². The minimum absolute atomic E-state index is 0.0843. The van der Waals surface area contributed by atoms with Gasteiger partial charge in [-0.1, -0.05) is 132 Å². The summed E-state index contributed by atoms with van der Waals surface area (Å²) in [5, 5.41) is 12.2. The number of nitrogens with zero attached hydrogens (tertiary/aromatic N) is 1. The highest BCUT2D eigenvalue weighted by atomic mass is 35.5. The number of rotatable bonds is 14. The van der Waals surface area contributed by atoms with Crippen molar-refractivity contribution in [2.75, 3.05) is 13.1 Å². The second kappa shape index (κ2) is 16.1. The van der Waals surface area contributed by atoms with E-state index in [1.807, 2.05) is 36.4 Å². The van der Waals surface area contributed by atoms with Crippen molar-refractivity contribution in [3.63, 3.8) is 0 Å². The molecule has 0 saturated carbocycles. The van der Waals surface area contributed by atoms with E-state index in [0.717, 1.165) is 53.5 Å². The molecule has 0 saturated heterocycles. The smallest absolute Gasteiger partial charge is 0.250 e. The first-order valence-electron chi connectivity index (χ1n) is 17.6. The highest BCUT2D eigenvalue weighted by Crippen LogP contribution is 2.41. The molecule has 0 amide bonds. The fraction of sp³-hybridized carbons (Fsp3) is 0.429. The number of hydrogen-bond acceptors (Lipinski definition) is 4. The van der Waals surface area contributed by atoms with Crippen molar-refractivity contribution < 1.29 is 14.0 Å². The summed E-state index contributed by atoms with van der Waals surface area (Å²) in [7, 11) is -4.00. The van der Waals surface area contributed by atoms with Crippen LogP contribution in [0.5, 0.6) is 5.75 Å². The fourth-order valence-electron chi connectivity index (χ4n) is 5.27. The zero-order chi connectivity index (χ0) is 36.0. The Morgan fingerprint density at radius 3 is 1.80 bits per heavy atom. The van der Waals surface area contributed by atoms with Crippen molar-refractivity contribution >= 4 is 28.2 Å². The lowest BCUT2D eigenvalue weighted by atomic mass is 9.99. The van der Waals surface area contributed by atoms with Gasteiger partial charge >= 0.3 is 0 Å². The first-order chi connectivity index (χ1) is 22.8. The van der Waals surface area contributed by atoms with Gasteiger partial charge in [-0.15, -0.1) is 0 Å². The van der Waals surface area contributed by atoms with Gasteiger partial charge in [0.25, 0.3) is 0 Å². The Hall–Kier alpha value is -2.72. The molecule has 7 heteroatoms. The van der Waals surface area contributed by atoms with Gasteiger partial charge < -0.3 is 14.0 Å². The van der Waals surface area contributed by atoms with E-state index in [1.165, 1.54) is 11.1 Å². The van der Waals surface area contributed by atoms with Gasteiger partial charge in [0.1, 0.15) is 11.9 Å². The van der Waals surface area contributed by atoms with Crippen molar-refractivity contribution in [2.45, 2.75) is 103 Å². The standard InChI is InChI=1S/C42H58ClNO3Si2/c1-41(2,3)48(7,8)46-38-25-23-35(24-26-38)40(45)34-21-19-32(20-22-34)27-28-44(30-33-15-12-11-13-16-33)31-39(36-17-14-18-37(43)29-36)47-49(9,10)42(4,5)6/h11-26,29,39-40,45H,27-28,30-31H2,1-10H3/t39-,40?/m1/s1. The Morgan fingerprint density at radius 2 is 1.24 bits per heavy atom. The molecular formula is C42H58ClNO3Si2. The second-order valence-corrected chi connectivity index (χ2v) is 26.4. The van der Waals surface area contributed by atoms with E-state index in [1.54, 1.807) is 0 Å². The molecule has 1 unspecified atom stereocenters. The number of aliphatic hydroxyl groups is 1. The van der Waals surface area contributed by atoms with Crippen molar-refractivity contribution in [3.8, 4) is 5.75 Å². The third-order valence-corrected chi connectivity index (χ3v) is 19.6. The van der Waals surface area contributed by atoms with Crippen LogP contribution in [-0.2, 0) is 17.4 Å². The summed E-state index contributed by atoms with van der Waals surface area (Å²) in [4.78, 5) is 2.50. The average molecular weight is 717 g/mol. The summed E-state index contributed by atoms with van der Waals surface area (Å²) in [6.45, 7) is 25.2. The van der Waals surface area contributed by atoms with Crippen molar-refractivity contribution in [2.24, 2.45) is 0 Å². The van der Waals surface area contributed by atoms with Crippen LogP contribution in [0.3, 0.4) is 0 Å². The average Bonchev–Trinajstić information content (AvgIpc) is 3.03. The Morgan fingerprint density at radius 1 is 0.673 bits per heavy atom. The maximum absolute atomic E-state index is 11.2. The topological polar surface area (TPSA) is 41.9 Å². The molecular weight excluding hydrogens is 658 g/mol. The van der Waals surface area contributed by atoms with E-state index in [9.17, 15) is 5.11 Å². The second-order valence-electron chi connectivity index (χ2n) is 16.5. The lowest BCUT2D eigenvalue weighted by Gasteiger charge is -2.41. The highest BCUT2D eigenvalue weighted by molar-refractivity contribution is 6.75. The monoisotopic (exact) mass is 715 g/mol. The molecule has 0 fully saturated rings. The van der Waals surface area contributed by atoms with Crippen molar-refractivity contribution in [3.05, 3.63) is 136 Å². The van der Waals surface area contributed by atoms with Crippen LogP contribution in [0.1, 0.15) is 81.6 Å². The molecule has 4 aromatic rings. The molecule has 4 nitrogen and oxygen atoms in total. The third kappa shape index (κ3) is 10.9. The van der Waals surface area contributed by atoms with Crippen LogP contribution >= 0.6 is 11.6 Å². The van der Waals surface area contributed by atoms with E-state index in [4.69, 9.17) is 20.5 Å². The maximum Gasteiger partial charge on any atom is 0.250 e. The first-order valence-corrected chi connectivity index (χ1v) is 23.8. The number of hydrogen-bond donors (Lipinski definition) is 1. The minimum atomic E-state index is -2.08. The minimum Gasteiger partial charge on any atom is -0.544 e. The summed E-state index contributed by atoms with van der Waals surface area (Å²) in [5.41, 5.74) is 5.37. The van der Waals surface area contributed by atoms with Crippen LogP contribution in [-0.4, -0.2) is 39.7 Å². The van der Waals surface area contributed by atoms with Crippen LogP contribution in [0.15, 0.2) is 103 Å². The fourth-order valence-corrected chi connectivity index (χ4v) is 7.78. The van der Waals surface area contributed by atoms with Crippen LogP contribution in [0.4, 0.5) is 0 Å². The predicted octanol–water partition coefficient (Wildman–Crippen LogP) is 11.6. The predicted molar refractivity (Wildman–Crippen MR) is 213 cm³/mol. The molecule has 0 aliphatic rings. The molecule has 4 aromatic carbocycles. The molecule has 0 heterocycles. The van der Waals surface area contributed by atoms with E-state index in [2.05, 4.69) is 139 Å². The molecule has 0 radical (unpaired) electrons. The summed E-state index contributed by atoms with van der Waals surface area (Å²) >= 11 is 6.50. The van der Waals surface area contributed by atoms with E-state index < -0.39 is 22.7 Å². The SMILES string of the molecule is CC(C)(C)[Si](C)(C)Oc1ccc(C(O)c2ccc(CCN(Cc3ccccc3)C[C@@H](O[Si](C)(C)C(C)(C)C)c3cccc(Cl)c3)cc2)cc1. The van der Waals surface area contributed by atoms with Gasteiger partial charge in [0.2, 0.25) is 8.32 Å². The van der Waals surface area contributed by atoms with Crippen molar-refractivity contribution in [1.29, 1.82) is 0 Å². The molecule has 1 N–H and O–H groups in total. The molecule has 0 bridgehead atoms. The van der Waals surface area contributed by atoms with Crippen LogP contribution in [0.2, 0.25) is 41.3 Å². The normalized spacial score (nSPS) is 14.1. The van der Waals surface area contributed by atoms with E-state index in [0.29, 0.717) is 0 Å². The zero-order valence-electron chi connectivity index (χ0n) is 31.4. The van der Waals surface area contributed by atoms with Crippen LogP contribution in [0.25, 0.3) is 0 Å². The largest absolute Gasteiger partial charge is 0.544 e. The summed E-state index contributed by atoms with van der Waals surface area (Å²) in [6, 6.07) is 35.1. The summed E-state index contributed by atoms with van der Waals surface area (Å²) < 4.78 is 13.5. The Kier molecular flexibility index (Phi) is 12.8. The van der Waals surface area contributed by atoms with Gasteiger partial charge in [0.05, 0.1) is 6.10 Å². The quantitative estimate of drug-likeness (QED) is 0.132. The van der Waals surface area contributed by atoms with Gasteiger partial charge in [0.15, 0.2) is 8.32 Å². The zero-order valence-corrected chi connectivity index (χ0v) is 34.1. The first kappa shape index (κ1) is 39.1. The van der Waals surface area contributed by atoms with E-state index in [-0.39, 0.29) is 16.2 Å². The molecule has 4 rings (SSSR count). The number of benzene rings is 4. The third-order valence-electron chi connectivity index (χ3n) is 10.5. The number of halogens is 1. The summed E-state index contributed by atoms with van der Waals surface area (Å²) in [5.74, 6) is 0.866. The van der Waals surface area contributed by atoms with Gasteiger partial charge in [0, 0.05) is 24.7 Å². The molecule has 264 valence electrons. The maximum atomic E-state index is 11.2. The molecule has 0 aliphatic carbocycles. The lowest BCUT2D eigenvalue weighted by molar-refractivity contribution is 0.116. The van der Waals surface area contributed by atoms with Crippen LogP contribution in [0, 0.1) is 0 Å². The molecule has 0 spiro atoms. The van der Waals surface area contributed by atoms with E-state index >= 15 is 0 Å².